The molecule has 5 nitrogen and oxygen atoms in total. The summed E-state index contributed by atoms with van der Waals surface area (Å²) in [4.78, 5) is 26.9. The summed E-state index contributed by atoms with van der Waals surface area (Å²) in [6, 6.07) is 16.3. The molecule has 156 valence electrons. The molecule has 2 rings (SSSR count). The van der Waals surface area contributed by atoms with Gasteiger partial charge in [0, 0.05) is 13.0 Å². The zero-order valence-corrected chi connectivity index (χ0v) is 17.9. The monoisotopic (exact) mass is 417 g/mol. The number of alkyl halides is 1. The Labute approximate surface area is 177 Å². The van der Waals surface area contributed by atoms with Crippen molar-refractivity contribution in [2.24, 2.45) is 0 Å². The van der Waals surface area contributed by atoms with Crippen LogP contribution < -0.4 is 4.74 Å². The Hall–Kier alpha value is -2.53. The van der Waals surface area contributed by atoms with Gasteiger partial charge in [0.25, 0.3) is 0 Å². The predicted molar refractivity (Wildman–Crippen MR) is 114 cm³/mol. The predicted octanol–water partition coefficient (Wildman–Crippen LogP) is 4.22. The molecular formula is C23H28ClNO4. The topological polar surface area (TPSA) is 55.8 Å². The van der Waals surface area contributed by atoms with Crippen molar-refractivity contribution in [2.75, 3.05) is 13.7 Å². The van der Waals surface area contributed by atoms with Crippen LogP contribution in [0.2, 0.25) is 0 Å². The van der Waals surface area contributed by atoms with E-state index in [4.69, 9.17) is 21.1 Å². The summed E-state index contributed by atoms with van der Waals surface area (Å²) in [5, 5.41) is -0.759. The van der Waals surface area contributed by atoms with Gasteiger partial charge >= 0.3 is 5.97 Å². The first-order valence-electron chi connectivity index (χ1n) is 9.74. The highest BCUT2D eigenvalue weighted by molar-refractivity contribution is 6.30. The number of ether oxygens (including phenoxy) is 2. The van der Waals surface area contributed by atoms with E-state index >= 15 is 0 Å². The minimum Gasteiger partial charge on any atom is -0.494 e. The maximum atomic E-state index is 12.9. The maximum Gasteiger partial charge on any atom is 0.328 e. The highest BCUT2D eigenvalue weighted by Crippen LogP contribution is 2.19. The smallest absolute Gasteiger partial charge is 0.328 e. The van der Waals surface area contributed by atoms with Gasteiger partial charge in [0.15, 0.2) is 0 Å². The molecule has 0 spiro atoms. The molecule has 0 aromatic heterocycles. The third-order valence-electron chi connectivity index (χ3n) is 4.49. The lowest BCUT2D eigenvalue weighted by molar-refractivity contribution is -0.153. The van der Waals surface area contributed by atoms with E-state index in [1.54, 1.807) is 6.92 Å². The lowest BCUT2D eigenvalue weighted by Gasteiger charge is -2.31. The quantitative estimate of drug-likeness (QED) is 0.429. The van der Waals surface area contributed by atoms with Gasteiger partial charge in [-0.25, -0.2) is 4.79 Å². The van der Waals surface area contributed by atoms with Crippen LogP contribution in [0.3, 0.4) is 0 Å². The largest absolute Gasteiger partial charge is 0.494 e. The number of hydrogen-bond donors (Lipinski definition) is 0. The Kier molecular flexibility index (Phi) is 9.00. The molecule has 2 aromatic rings. The Morgan fingerprint density at radius 2 is 1.69 bits per heavy atom. The van der Waals surface area contributed by atoms with Crippen LogP contribution in [0.5, 0.6) is 5.75 Å². The van der Waals surface area contributed by atoms with Crippen molar-refractivity contribution in [1.29, 1.82) is 0 Å². The van der Waals surface area contributed by atoms with Crippen LogP contribution >= 0.6 is 11.6 Å². The first-order valence-corrected chi connectivity index (χ1v) is 10.2. The van der Waals surface area contributed by atoms with Crippen molar-refractivity contribution in [3.8, 4) is 5.75 Å². The van der Waals surface area contributed by atoms with Gasteiger partial charge in [-0.3, -0.25) is 4.79 Å². The van der Waals surface area contributed by atoms with Gasteiger partial charge in [0.1, 0.15) is 17.2 Å². The summed E-state index contributed by atoms with van der Waals surface area (Å²) >= 11 is 6.10. The van der Waals surface area contributed by atoms with E-state index in [2.05, 4.69) is 0 Å². The first-order chi connectivity index (χ1) is 14.0. The molecule has 0 saturated carbocycles. The Bertz CT molecular complexity index is 777. The number of carbonyl (C=O) groups is 2. The zero-order valence-electron chi connectivity index (χ0n) is 17.1. The molecule has 0 fully saturated rings. The van der Waals surface area contributed by atoms with Crippen LogP contribution in [0.15, 0.2) is 54.6 Å². The number of nitrogens with zero attached hydrogens (tertiary/aromatic N) is 1. The van der Waals surface area contributed by atoms with Crippen molar-refractivity contribution >= 4 is 23.5 Å². The molecule has 2 atom stereocenters. The number of methoxy groups -OCH3 is 1. The maximum absolute atomic E-state index is 12.9. The van der Waals surface area contributed by atoms with Gasteiger partial charge in [-0.05, 0) is 36.6 Å². The van der Waals surface area contributed by atoms with E-state index in [1.165, 1.54) is 12.0 Å². The molecule has 2 aromatic carbocycles. The number of carbonyl (C=O) groups excluding carboxylic acids is 2. The van der Waals surface area contributed by atoms with E-state index in [0.717, 1.165) is 23.3 Å². The SMILES string of the molecule is CCCOc1ccc(CN(C(=O)[C@H](C)Cl)[C@@H](Cc2ccccc2)C(=O)OC)cc1. The fourth-order valence-electron chi connectivity index (χ4n) is 2.97. The summed E-state index contributed by atoms with van der Waals surface area (Å²) in [5.41, 5.74) is 1.81. The number of amides is 1. The Morgan fingerprint density at radius 1 is 1.03 bits per heavy atom. The minimum absolute atomic E-state index is 0.247. The molecular weight excluding hydrogens is 390 g/mol. The van der Waals surface area contributed by atoms with Crippen molar-refractivity contribution < 1.29 is 19.1 Å². The molecule has 0 radical (unpaired) electrons. The zero-order chi connectivity index (χ0) is 21.2. The molecule has 29 heavy (non-hydrogen) atoms. The average Bonchev–Trinajstić information content (AvgIpc) is 2.75. The van der Waals surface area contributed by atoms with E-state index in [0.29, 0.717) is 13.0 Å². The summed E-state index contributed by atoms with van der Waals surface area (Å²) < 4.78 is 10.6. The van der Waals surface area contributed by atoms with Crippen LogP contribution in [-0.2, 0) is 27.3 Å². The third kappa shape index (κ3) is 6.79. The van der Waals surface area contributed by atoms with Crippen molar-refractivity contribution in [3.05, 3.63) is 65.7 Å². The molecule has 0 heterocycles. The number of rotatable bonds is 10. The standard InChI is InChI=1S/C23H28ClNO4/c1-4-14-29-20-12-10-19(11-13-20)16-25(22(26)17(2)24)21(23(27)28-3)15-18-8-6-5-7-9-18/h5-13,17,21H,4,14-16H2,1-3H3/t17-,21-/m0/s1. The van der Waals surface area contributed by atoms with Crippen molar-refractivity contribution in [3.63, 3.8) is 0 Å². The van der Waals surface area contributed by atoms with Gasteiger partial charge in [-0.2, -0.15) is 0 Å². The van der Waals surface area contributed by atoms with Gasteiger partial charge in [-0.15, -0.1) is 11.6 Å². The van der Waals surface area contributed by atoms with Crippen LogP contribution in [0.25, 0.3) is 0 Å². The van der Waals surface area contributed by atoms with E-state index < -0.39 is 17.4 Å². The van der Waals surface area contributed by atoms with Crippen LogP contribution in [0, 0.1) is 0 Å². The molecule has 6 heteroatoms. The molecule has 0 aliphatic carbocycles. The molecule has 0 aliphatic rings. The second-order valence-electron chi connectivity index (χ2n) is 6.80. The Morgan fingerprint density at radius 3 is 2.24 bits per heavy atom. The Balaban J connectivity index is 2.28. The van der Waals surface area contributed by atoms with E-state index in [1.807, 2.05) is 61.5 Å². The molecule has 0 aliphatic heterocycles. The van der Waals surface area contributed by atoms with E-state index in [-0.39, 0.29) is 12.5 Å². The second-order valence-corrected chi connectivity index (χ2v) is 7.46. The molecule has 0 bridgehead atoms. The van der Waals surface area contributed by atoms with Gasteiger partial charge in [0.05, 0.1) is 13.7 Å². The average molecular weight is 418 g/mol. The van der Waals surface area contributed by atoms with Crippen molar-refractivity contribution in [1.82, 2.24) is 4.90 Å². The summed E-state index contributed by atoms with van der Waals surface area (Å²) in [7, 11) is 1.33. The number of esters is 1. The van der Waals surface area contributed by atoms with E-state index in [9.17, 15) is 9.59 Å². The van der Waals surface area contributed by atoms with Crippen molar-refractivity contribution in [2.45, 2.75) is 44.7 Å². The highest BCUT2D eigenvalue weighted by Gasteiger charge is 2.32. The summed E-state index contributed by atoms with van der Waals surface area (Å²) in [6.07, 6.45) is 1.28. The fraction of sp³-hybridized carbons (Fsp3) is 0.391. The lowest BCUT2D eigenvalue weighted by atomic mass is 10.0. The number of benzene rings is 2. The first kappa shape index (κ1) is 22.8. The molecule has 0 N–H and O–H groups in total. The summed E-state index contributed by atoms with van der Waals surface area (Å²) in [6.45, 7) is 4.55. The lowest BCUT2D eigenvalue weighted by Crippen LogP contribution is -2.48. The van der Waals surface area contributed by atoms with Crippen LogP contribution in [0.4, 0.5) is 0 Å². The fourth-order valence-corrected chi connectivity index (χ4v) is 3.10. The highest BCUT2D eigenvalue weighted by atomic mass is 35.5. The molecule has 0 unspecified atom stereocenters. The minimum atomic E-state index is -0.771. The van der Waals surface area contributed by atoms with Crippen LogP contribution in [-0.4, -0.2) is 41.9 Å². The normalized spacial score (nSPS) is 12.7. The van der Waals surface area contributed by atoms with Gasteiger partial charge in [0.2, 0.25) is 5.91 Å². The number of hydrogen-bond acceptors (Lipinski definition) is 4. The molecule has 1 amide bonds. The third-order valence-corrected chi connectivity index (χ3v) is 4.68. The summed E-state index contributed by atoms with van der Waals surface area (Å²) in [5.74, 6) is -0.0142. The van der Waals surface area contributed by atoms with Gasteiger partial charge in [-0.1, -0.05) is 49.4 Å². The van der Waals surface area contributed by atoms with Gasteiger partial charge < -0.3 is 14.4 Å². The molecule has 0 saturated heterocycles. The number of halogens is 1. The second kappa shape index (κ2) is 11.5. The van der Waals surface area contributed by atoms with Crippen LogP contribution in [0.1, 0.15) is 31.4 Å².